The Hall–Kier alpha value is -1.41. The fourth-order valence-corrected chi connectivity index (χ4v) is 1.46. The minimum absolute atomic E-state index is 0.203. The number of carbonyl (C=O) groups is 1. The van der Waals surface area contributed by atoms with Crippen molar-refractivity contribution in [2.45, 2.75) is 24.6 Å². The second-order valence-corrected chi connectivity index (χ2v) is 4.89. The van der Waals surface area contributed by atoms with Crippen LogP contribution in [0.3, 0.4) is 0 Å². The molecule has 5 heteroatoms. The number of nitrogens with zero attached hydrogens (tertiary/aromatic N) is 2. The monoisotopic (exact) mass is 295 g/mol. The minimum Gasteiger partial charge on any atom is -0.351 e. The van der Waals surface area contributed by atoms with E-state index in [0.717, 1.165) is 12.8 Å². The first-order valence-electron chi connectivity index (χ1n) is 5.45. The average Bonchev–Trinajstić information content (AvgIpc) is 2.38. The Morgan fingerprint density at radius 3 is 2.94 bits per heavy atom. The highest BCUT2D eigenvalue weighted by molar-refractivity contribution is 9.09. The molecule has 1 rings (SSSR count). The molecule has 0 aliphatic heterocycles. The van der Waals surface area contributed by atoms with E-state index < -0.39 is 0 Å². The van der Waals surface area contributed by atoms with E-state index in [2.05, 4.69) is 33.2 Å². The third-order valence-electron chi connectivity index (χ3n) is 2.31. The van der Waals surface area contributed by atoms with Crippen molar-refractivity contribution in [2.24, 2.45) is 0 Å². The molecule has 17 heavy (non-hydrogen) atoms. The molecule has 0 aliphatic rings. The van der Waals surface area contributed by atoms with Gasteiger partial charge in [-0.1, -0.05) is 22.9 Å². The molecule has 1 aromatic rings. The van der Waals surface area contributed by atoms with Crippen molar-refractivity contribution < 1.29 is 4.79 Å². The zero-order valence-corrected chi connectivity index (χ0v) is 11.2. The highest BCUT2D eigenvalue weighted by Gasteiger charge is 2.07. The lowest BCUT2D eigenvalue weighted by Gasteiger charge is -2.07. The third kappa shape index (κ3) is 4.53. The van der Waals surface area contributed by atoms with E-state index in [1.54, 1.807) is 12.1 Å². The molecule has 1 unspecified atom stereocenters. The predicted octanol–water partition coefficient (Wildman–Crippen LogP) is 2.25. The lowest BCUT2D eigenvalue weighted by atomic mass is 10.2. The van der Waals surface area contributed by atoms with Gasteiger partial charge in [0.05, 0.1) is 5.56 Å². The van der Waals surface area contributed by atoms with Gasteiger partial charge in [0.2, 0.25) is 0 Å². The van der Waals surface area contributed by atoms with Crippen molar-refractivity contribution in [1.82, 2.24) is 10.3 Å². The van der Waals surface area contributed by atoms with Gasteiger partial charge in [0.1, 0.15) is 11.8 Å². The maximum absolute atomic E-state index is 11.6. The second-order valence-electron chi connectivity index (χ2n) is 3.59. The van der Waals surface area contributed by atoms with Crippen LogP contribution in [0.2, 0.25) is 0 Å². The predicted molar refractivity (Wildman–Crippen MR) is 68.9 cm³/mol. The molecule has 0 bridgehead atoms. The SMILES string of the molecule is CCC(Br)CCNC(=O)c1ccc(C#N)cn1. The molecular formula is C12H14BrN3O. The Balaban J connectivity index is 2.44. The molecule has 0 spiro atoms. The van der Waals surface area contributed by atoms with Crippen LogP contribution < -0.4 is 5.32 Å². The van der Waals surface area contributed by atoms with Crippen molar-refractivity contribution in [1.29, 1.82) is 5.26 Å². The number of carbonyl (C=O) groups excluding carboxylic acids is 1. The average molecular weight is 296 g/mol. The smallest absolute Gasteiger partial charge is 0.269 e. The van der Waals surface area contributed by atoms with Gasteiger partial charge < -0.3 is 5.32 Å². The molecule has 0 aromatic carbocycles. The van der Waals surface area contributed by atoms with Gasteiger partial charge in [-0.15, -0.1) is 0 Å². The maximum Gasteiger partial charge on any atom is 0.269 e. The third-order valence-corrected chi connectivity index (χ3v) is 3.42. The Morgan fingerprint density at radius 1 is 1.65 bits per heavy atom. The summed E-state index contributed by atoms with van der Waals surface area (Å²) in [6.45, 7) is 2.70. The molecule has 0 saturated carbocycles. The summed E-state index contributed by atoms with van der Waals surface area (Å²) in [6, 6.07) is 5.10. The largest absolute Gasteiger partial charge is 0.351 e. The van der Waals surface area contributed by atoms with Crippen molar-refractivity contribution in [3.05, 3.63) is 29.6 Å². The van der Waals surface area contributed by atoms with E-state index in [-0.39, 0.29) is 5.91 Å². The number of hydrogen-bond acceptors (Lipinski definition) is 3. The number of halogens is 1. The lowest BCUT2D eigenvalue weighted by Crippen LogP contribution is -2.26. The minimum atomic E-state index is -0.203. The molecule has 1 amide bonds. The molecule has 1 heterocycles. The van der Waals surface area contributed by atoms with Crippen molar-refractivity contribution in [3.63, 3.8) is 0 Å². The Morgan fingerprint density at radius 2 is 2.41 bits per heavy atom. The van der Waals surface area contributed by atoms with Gasteiger partial charge in [0, 0.05) is 17.6 Å². The normalized spacial score (nSPS) is 11.6. The highest BCUT2D eigenvalue weighted by atomic mass is 79.9. The van der Waals surface area contributed by atoms with Gasteiger partial charge in [0.25, 0.3) is 5.91 Å². The number of nitrogens with one attached hydrogen (secondary N) is 1. The van der Waals surface area contributed by atoms with E-state index in [1.807, 2.05) is 6.07 Å². The molecule has 0 saturated heterocycles. The zero-order chi connectivity index (χ0) is 12.7. The van der Waals surface area contributed by atoms with Crippen LogP contribution in [0.25, 0.3) is 0 Å². The van der Waals surface area contributed by atoms with Gasteiger partial charge in [-0.05, 0) is 25.0 Å². The van der Waals surface area contributed by atoms with Gasteiger partial charge in [-0.25, -0.2) is 4.98 Å². The van der Waals surface area contributed by atoms with Crippen LogP contribution in [0.5, 0.6) is 0 Å². The van der Waals surface area contributed by atoms with Crippen molar-refractivity contribution in [3.8, 4) is 6.07 Å². The summed E-state index contributed by atoms with van der Waals surface area (Å²) in [6.07, 6.45) is 3.32. The van der Waals surface area contributed by atoms with Crippen LogP contribution in [0.15, 0.2) is 18.3 Å². The van der Waals surface area contributed by atoms with E-state index in [0.29, 0.717) is 22.6 Å². The summed E-state index contributed by atoms with van der Waals surface area (Å²) in [5, 5.41) is 11.4. The van der Waals surface area contributed by atoms with Crippen molar-refractivity contribution in [2.75, 3.05) is 6.54 Å². The summed E-state index contributed by atoms with van der Waals surface area (Å²) in [5.74, 6) is -0.203. The van der Waals surface area contributed by atoms with Crippen LogP contribution in [0.4, 0.5) is 0 Å². The first kappa shape index (κ1) is 13.7. The van der Waals surface area contributed by atoms with Gasteiger partial charge in [0.15, 0.2) is 0 Å². The number of alkyl halides is 1. The molecule has 4 nitrogen and oxygen atoms in total. The van der Waals surface area contributed by atoms with Crippen LogP contribution in [0.1, 0.15) is 35.8 Å². The first-order chi connectivity index (χ1) is 8.17. The second kappa shape index (κ2) is 7.02. The lowest BCUT2D eigenvalue weighted by molar-refractivity contribution is 0.0948. The molecule has 90 valence electrons. The van der Waals surface area contributed by atoms with E-state index in [4.69, 9.17) is 5.26 Å². The van der Waals surface area contributed by atoms with Crippen LogP contribution in [0, 0.1) is 11.3 Å². The number of aromatic nitrogens is 1. The fraction of sp³-hybridized carbons (Fsp3) is 0.417. The zero-order valence-electron chi connectivity index (χ0n) is 9.61. The Labute approximate surface area is 109 Å². The van der Waals surface area contributed by atoms with E-state index in [9.17, 15) is 4.79 Å². The van der Waals surface area contributed by atoms with Crippen LogP contribution in [-0.4, -0.2) is 22.3 Å². The first-order valence-corrected chi connectivity index (χ1v) is 6.37. The van der Waals surface area contributed by atoms with Gasteiger partial charge >= 0.3 is 0 Å². The van der Waals surface area contributed by atoms with Crippen molar-refractivity contribution >= 4 is 21.8 Å². The fourth-order valence-electron chi connectivity index (χ4n) is 1.23. The standard InChI is InChI=1S/C12H14BrN3O/c1-2-10(13)5-6-15-12(17)11-4-3-9(7-14)8-16-11/h3-4,8,10H,2,5-6H2,1H3,(H,15,17). The molecule has 1 aromatic heterocycles. The summed E-state index contributed by atoms with van der Waals surface area (Å²) >= 11 is 3.50. The molecule has 0 aliphatic carbocycles. The topological polar surface area (TPSA) is 65.8 Å². The molecule has 0 radical (unpaired) electrons. The quantitative estimate of drug-likeness (QED) is 0.847. The summed E-state index contributed by atoms with van der Waals surface area (Å²) in [4.78, 5) is 16.0. The van der Waals surface area contributed by atoms with E-state index >= 15 is 0 Å². The van der Waals surface area contributed by atoms with Gasteiger partial charge in [-0.3, -0.25) is 4.79 Å². The van der Waals surface area contributed by atoms with Crippen LogP contribution >= 0.6 is 15.9 Å². The van der Waals surface area contributed by atoms with Crippen LogP contribution in [-0.2, 0) is 0 Å². The Kier molecular flexibility index (Phi) is 5.64. The Bertz CT molecular complexity index is 411. The van der Waals surface area contributed by atoms with E-state index in [1.165, 1.54) is 6.20 Å². The summed E-state index contributed by atoms with van der Waals surface area (Å²) in [7, 11) is 0. The number of rotatable bonds is 5. The summed E-state index contributed by atoms with van der Waals surface area (Å²) in [5.41, 5.74) is 0.791. The van der Waals surface area contributed by atoms with Gasteiger partial charge in [-0.2, -0.15) is 5.26 Å². The molecule has 1 atom stereocenters. The molecule has 0 fully saturated rings. The maximum atomic E-state index is 11.6. The number of nitriles is 1. The summed E-state index contributed by atoms with van der Waals surface area (Å²) < 4.78 is 0. The number of pyridine rings is 1. The number of hydrogen-bond donors (Lipinski definition) is 1. The number of amides is 1. The highest BCUT2D eigenvalue weighted by Crippen LogP contribution is 2.07. The molecular weight excluding hydrogens is 282 g/mol. The molecule has 1 N–H and O–H groups in total.